The molecule has 0 aliphatic carbocycles. The highest BCUT2D eigenvalue weighted by Crippen LogP contribution is 2.45. The van der Waals surface area contributed by atoms with Gasteiger partial charge in [0, 0.05) is 22.6 Å². The van der Waals surface area contributed by atoms with Gasteiger partial charge in [-0.25, -0.2) is 0 Å². The predicted molar refractivity (Wildman–Crippen MR) is 142 cm³/mol. The van der Waals surface area contributed by atoms with Crippen LogP contribution in [0.25, 0.3) is 33.4 Å². The van der Waals surface area contributed by atoms with E-state index >= 15 is 0 Å². The Morgan fingerprint density at radius 1 is 0.545 bits per heavy atom. The quantitative estimate of drug-likeness (QED) is 0.277. The summed E-state index contributed by atoms with van der Waals surface area (Å²) < 4.78 is 0. The van der Waals surface area contributed by atoms with Gasteiger partial charge in [-0.2, -0.15) is 0 Å². The number of aryl methyl sites for hydroxylation is 1. The molecule has 3 N–H and O–H groups in total. The van der Waals surface area contributed by atoms with Crippen LogP contribution in [-0.4, -0.2) is 0 Å². The normalized spacial score (nSPS) is 10.7. The molecule has 0 saturated carbocycles. The van der Waals surface area contributed by atoms with Crippen molar-refractivity contribution in [1.82, 2.24) is 0 Å². The summed E-state index contributed by atoms with van der Waals surface area (Å²) in [5.41, 5.74) is 17.2. The molecule has 0 aliphatic heterocycles. The molecule has 33 heavy (non-hydrogen) atoms. The molecule has 0 bridgehead atoms. The third kappa shape index (κ3) is 4.37. The number of rotatable bonds is 5. The van der Waals surface area contributed by atoms with Crippen molar-refractivity contribution in [3.63, 3.8) is 0 Å². The SMILES string of the molecule is Cc1cccc(Nc2ccc(-c3ccc(N)cc3)c(-c3ccccc3)c2-c2ccccc2)c1. The van der Waals surface area contributed by atoms with Gasteiger partial charge in [0.1, 0.15) is 0 Å². The molecule has 2 heteroatoms. The summed E-state index contributed by atoms with van der Waals surface area (Å²) in [5.74, 6) is 0. The van der Waals surface area contributed by atoms with Crippen LogP contribution in [0, 0.1) is 6.92 Å². The molecule has 0 fully saturated rings. The summed E-state index contributed by atoms with van der Waals surface area (Å²) in [5, 5.41) is 3.69. The van der Waals surface area contributed by atoms with Crippen molar-refractivity contribution in [3.05, 3.63) is 127 Å². The van der Waals surface area contributed by atoms with Crippen LogP contribution in [0.3, 0.4) is 0 Å². The number of nitrogens with two attached hydrogens (primary N) is 1. The topological polar surface area (TPSA) is 38.0 Å². The summed E-state index contributed by atoms with van der Waals surface area (Å²) >= 11 is 0. The molecule has 5 aromatic carbocycles. The van der Waals surface area contributed by atoms with Crippen LogP contribution in [-0.2, 0) is 0 Å². The Bertz CT molecular complexity index is 1370. The Morgan fingerprint density at radius 2 is 1.18 bits per heavy atom. The minimum Gasteiger partial charge on any atom is -0.399 e. The van der Waals surface area contributed by atoms with Gasteiger partial charge in [0.25, 0.3) is 0 Å². The summed E-state index contributed by atoms with van der Waals surface area (Å²) in [6, 6.07) is 42.2. The van der Waals surface area contributed by atoms with E-state index in [1.54, 1.807) is 0 Å². The van der Waals surface area contributed by atoms with Crippen molar-refractivity contribution >= 4 is 17.1 Å². The van der Waals surface area contributed by atoms with Crippen LogP contribution in [0.2, 0.25) is 0 Å². The number of anilines is 3. The lowest BCUT2D eigenvalue weighted by molar-refractivity contribution is 1.45. The van der Waals surface area contributed by atoms with E-state index in [-0.39, 0.29) is 0 Å². The van der Waals surface area contributed by atoms with Crippen molar-refractivity contribution in [1.29, 1.82) is 0 Å². The fraction of sp³-hybridized carbons (Fsp3) is 0.0323. The predicted octanol–water partition coefficient (Wildman–Crippen LogP) is 8.32. The number of nitrogens with one attached hydrogen (secondary N) is 1. The van der Waals surface area contributed by atoms with Crippen molar-refractivity contribution in [2.45, 2.75) is 6.92 Å². The fourth-order valence-corrected chi connectivity index (χ4v) is 4.30. The minimum atomic E-state index is 0.765. The van der Waals surface area contributed by atoms with E-state index in [0.717, 1.165) is 22.6 Å². The van der Waals surface area contributed by atoms with Gasteiger partial charge in [0.2, 0.25) is 0 Å². The number of hydrogen-bond donors (Lipinski definition) is 2. The lowest BCUT2D eigenvalue weighted by atomic mass is 9.86. The minimum absolute atomic E-state index is 0.765. The van der Waals surface area contributed by atoms with Gasteiger partial charge in [0.15, 0.2) is 0 Å². The first-order valence-electron chi connectivity index (χ1n) is 11.2. The zero-order valence-electron chi connectivity index (χ0n) is 18.6. The highest BCUT2D eigenvalue weighted by atomic mass is 14.9. The average Bonchev–Trinajstić information content (AvgIpc) is 2.85. The van der Waals surface area contributed by atoms with Crippen LogP contribution in [0.1, 0.15) is 5.56 Å². The maximum absolute atomic E-state index is 5.99. The Hall–Kier alpha value is -4.30. The third-order valence-corrected chi connectivity index (χ3v) is 5.85. The van der Waals surface area contributed by atoms with Gasteiger partial charge >= 0.3 is 0 Å². The second-order valence-corrected chi connectivity index (χ2v) is 8.26. The zero-order chi connectivity index (χ0) is 22.6. The Labute approximate surface area is 195 Å². The highest BCUT2D eigenvalue weighted by molar-refractivity contribution is 6.01. The summed E-state index contributed by atoms with van der Waals surface area (Å²) in [6.07, 6.45) is 0. The molecule has 0 spiro atoms. The molecule has 0 aliphatic rings. The lowest BCUT2D eigenvalue weighted by Gasteiger charge is -2.21. The first kappa shape index (κ1) is 20.6. The van der Waals surface area contributed by atoms with Crippen LogP contribution >= 0.6 is 0 Å². The third-order valence-electron chi connectivity index (χ3n) is 5.85. The molecule has 2 nitrogen and oxygen atoms in total. The van der Waals surface area contributed by atoms with Crippen LogP contribution in [0.15, 0.2) is 121 Å². The molecule has 5 aromatic rings. The first-order valence-corrected chi connectivity index (χ1v) is 11.2. The molecule has 0 saturated heterocycles. The molecule has 160 valence electrons. The Balaban J connectivity index is 1.80. The van der Waals surface area contributed by atoms with Crippen LogP contribution in [0.4, 0.5) is 17.1 Å². The monoisotopic (exact) mass is 426 g/mol. The van der Waals surface area contributed by atoms with E-state index in [0.29, 0.717) is 0 Å². The Morgan fingerprint density at radius 3 is 1.82 bits per heavy atom. The zero-order valence-corrected chi connectivity index (χ0v) is 18.6. The van der Waals surface area contributed by atoms with E-state index < -0.39 is 0 Å². The van der Waals surface area contributed by atoms with Gasteiger partial charge in [0.05, 0.1) is 0 Å². The smallest absolute Gasteiger partial charge is 0.0470 e. The van der Waals surface area contributed by atoms with Gasteiger partial charge in [-0.15, -0.1) is 0 Å². The summed E-state index contributed by atoms with van der Waals surface area (Å²) in [4.78, 5) is 0. The highest BCUT2D eigenvalue weighted by Gasteiger charge is 2.18. The Kier molecular flexibility index (Phi) is 5.65. The van der Waals surface area contributed by atoms with Crippen LogP contribution < -0.4 is 11.1 Å². The fourth-order valence-electron chi connectivity index (χ4n) is 4.30. The van der Waals surface area contributed by atoms with E-state index in [1.165, 1.54) is 33.4 Å². The maximum atomic E-state index is 5.99. The molecule has 0 amide bonds. The molecule has 5 rings (SSSR count). The van der Waals surface area contributed by atoms with Gasteiger partial charge in [-0.05, 0) is 70.6 Å². The lowest BCUT2D eigenvalue weighted by Crippen LogP contribution is -1.98. The average molecular weight is 427 g/mol. The number of nitrogen functional groups attached to an aromatic ring is 1. The van der Waals surface area contributed by atoms with Crippen molar-refractivity contribution in [3.8, 4) is 33.4 Å². The van der Waals surface area contributed by atoms with E-state index in [4.69, 9.17) is 5.73 Å². The van der Waals surface area contributed by atoms with Crippen molar-refractivity contribution < 1.29 is 0 Å². The second kappa shape index (κ2) is 9.05. The first-order chi connectivity index (χ1) is 16.2. The molecule has 0 aromatic heterocycles. The molecule has 0 atom stereocenters. The van der Waals surface area contributed by atoms with Crippen LogP contribution in [0.5, 0.6) is 0 Å². The van der Waals surface area contributed by atoms with Gasteiger partial charge < -0.3 is 11.1 Å². The second-order valence-electron chi connectivity index (χ2n) is 8.26. The largest absolute Gasteiger partial charge is 0.399 e. The molecule has 0 radical (unpaired) electrons. The molecule has 0 heterocycles. The number of hydrogen-bond acceptors (Lipinski definition) is 2. The van der Waals surface area contributed by atoms with E-state index in [1.807, 2.05) is 12.1 Å². The summed E-state index contributed by atoms with van der Waals surface area (Å²) in [7, 11) is 0. The van der Waals surface area contributed by atoms with Crippen molar-refractivity contribution in [2.24, 2.45) is 0 Å². The van der Waals surface area contributed by atoms with E-state index in [2.05, 4.69) is 121 Å². The molecular formula is C31H26N2. The summed E-state index contributed by atoms with van der Waals surface area (Å²) in [6.45, 7) is 2.11. The number of benzene rings is 5. The molecular weight excluding hydrogens is 400 g/mol. The van der Waals surface area contributed by atoms with Crippen molar-refractivity contribution in [2.75, 3.05) is 11.1 Å². The standard InChI is InChI=1S/C31H26N2/c1-22-9-8-14-27(21-22)33-29-20-19-28(23-15-17-26(32)18-16-23)30(24-10-4-2-5-11-24)31(29)25-12-6-3-7-13-25/h2-21,33H,32H2,1H3. The van der Waals surface area contributed by atoms with Gasteiger partial charge in [-0.1, -0.05) is 91.0 Å². The maximum Gasteiger partial charge on any atom is 0.0470 e. The molecule has 0 unspecified atom stereocenters. The van der Waals surface area contributed by atoms with E-state index in [9.17, 15) is 0 Å². The van der Waals surface area contributed by atoms with Gasteiger partial charge in [-0.3, -0.25) is 0 Å².